The molecule has 0 bridgehead atoms. The molecule has 22 heavy (non-hydrogen) atoms. The van der Waals surface area contributed by atoms with Gasteiger partial charge in [-0.1, -0.05) is 63.1 Å². The fourth-order valence-electron chi connectivity index (χ4n) is 1.40. The Bertz CT molecular complexity index is 487. The van der Waals surface area contributed by atoms with Gasteiger partial charge in [0.2, 0.25) is 0 Å². The van der Waals surface area contributed by atoms with Gasteiger partial charge in [-0.2, -0.15) is 0 Å². The van der Waals surface area contributed by atoms with Gasteiger partial charge in [0.1, 0.15) is 11.6 Å². The Morgan fingerprint density at radius 3 is 1.50 bits per heavy atom. The van der Waals surface area contributed by atoms with Crippen LogP contribution < -0.4 is 0 Å². The molecule has 0 saturated carbocycles. The van der Waals surface area contributed by atoms with Crippen LogP contribution in [0.1, 0.15) is 44.4 Å². The van der Waals surface area contributed by atoms with Crippen LogP contribution in [0.4, 0.5) is 8.78 Å². The second-order valence-corrected chi connectivity index (χ2v) is 4.58. The lowest BCUT2D eigenvalue weighted by atomic mass is 10.1. The van der Waals surface area contributed by atoms with Gasteiger partial charge >= 0.3 is 0 Å². The number of halogens is 3. The lowest BCUT2D eigenvalue weighted by Gasteiger charge is -1.95. The summed E-state index contributed by atoms with van der Waals surface area (Å²) in [5.41, 5.74) is 2.71. The molecule has 0 fully saturated rings. The molecular weight excluding hydrogens is 302 g/mol. The molecule has 0 spiro atoms. The largest absolute Gasteiger partial charge is 0.207 e. The maximum atomic E-state index is 12.5. The van der Waals surface area contributed by atoms with Crippen LogP contribution in [0.5, 0.6) is 0 Å². The van der Waals surface area contributed by atoms with Gasteiger partial charge in [-0.3, -0.25) is 0 Å². The van der Waals surface area contributed by atoms with Crippen LogP contribution in [-0.4, -0.2) is 0 Å². The Kier molecular flexibility index (Phi) is 13.8. The third-order valence-electron chi connectivity index (χ3n) is 2.39. The molecule has 0 aromatic heterocycles. The highest BCUT2D eigenvalue weighted by Crippen LogP contribution is 2.14. The minimum Gasteiger partial charge on any atom is -0.207 e. The van der Waals surface area contributed by atoms with Gasteiger partial charge < -0.3 is 0 Å². The lowest BCUT2D eigenvalue weighted by molar-refractivity contribution is 0.618. The van der Waals surface area contributed by atoms with Crippen LogP contribution in [0.2, 0.25) is 5.02 Å². The van der Waals surface area contributed by atoms with E-state index in [1.165, 1.54) is 12.1 Å². The normalized spacial score (nSPS) is 8.45. The van der Waals surface area contributed by atoms with Crippen molar-refractivity contribution < 1.29 is 8.78 Å². The van der Waals surface area contributed by atoms with Crippen molar-refractivity contribution in [1.82, 2.24) is 0 Å². The fourth-order valence-corrected chi connectivity index (χ4v) is 1.51. The van der Waals surface area contributed by atoms with E-state index in [0.29, 0.717) is 0 Å². The van der Waals surface area contributed by atoms with E-state index < -0.39 is 0 Å². The summed E-state index contributed by atoms with van der Waals surface area (Å²) in [6.45, 7) is 13.5. The summed E-state index contributed by atoms with van der Waals surface area (Å²) >= 11 is 5.41. The molecule has 0 radical (unpaired) electrons. The van der Waals surface area contributed by atoms with Crippen LogP contribution >= 0.6 is 11.6 Å². The SMILES string of the molecule is CC.CC.Cc1ccc(Cl)c(F)c1.Cc1ccc(F)c(C)c1. The van der Waals surface area contributed by atoms with Crippen molar-refractivity contribution in [2.75, 3.05) is 0 Å². The summed E-state index contributed by atoms with van der Waals surface area (Å²) in [5.74, 6) is -0.475. The van der Waals surface area contributed by atoms with Crippen molar-refractivity contribution in [2.45, 2.75) is 48.5 Å². The Hall–Kier alpha value is -1.41. The number of hydrogen-bond acceptors (Lipinski definition) is 0. The standard InChI is InChI=1S/C8H9F.C7H6ClF.2C2H6/c1-6-3-4-8(9)7(2)5-6;1-5-2-3-6(8)7(9)4-5;2*1-2/h3-5H,1-2H3;2-4H,1H3;2*1-2H3. The first-order chi connectivity index (χ1) is 10.4. The molecule has 0 N–H and O–H groups in total. The minimum absolute atomic E-state index is 0.124. The van der Waals surface area contributed by atoms with Crippen molar-refractivity contribution in [3.8, 4) is 0 Å². The molecule has 0 atom stereocenters. The maximum Gasteiger partial charge on any atom is 0.142 e. The fraction of sp³-hybridized carbons (Fsp3) is 0.368. The van der Waals surface area contributed by atoms with E-state index in [0.717, 1.165) is 16.7 Å². The van der Waals surface area contributed by atoms with Crippen LogP contribution in [0.25, 0.3) is 0 Å². The van der Waals surface area contributed by atoms with Gasteiger partial charge in [-0.05, 0) is 50.1 Å². The average Bonchev–Trinajstić information content (AvgIpc) is 2.52. The second-order valence-electron chi connectivity index (χ2n) is 4.17. The number of aryl methyl sites for hydroxylation is 3. The zero-order chi connectivity index (χ0) is 17.7. The molecule has 124 valence electrons. The van der Waals surface area contributed by atoms with Crippen LogP contribution in [0.3, 0.4) is 0 Å². The van der Waals surface area contributed by atoms with E-state index in [1.807, 2.05) is 47.6 Å². The molecule has 0 saturated heterocycles. The minimum atomic E-state index is -0.350. The monoisotopic (exact) mass is 328 g/mol. The molecule has 0 amide bonds. The summed E-state index contributed by atoms with van der Waals surface area (Å²) in [7, 11) is 0. The molecule has 0 aliphatic rings. The zero-order valence-corrected chi connectivity index (χ0v) is 15.4. The van der Waals surface area contributed by atoms with Crippen LogP contribution in [0, 0.1) is 32.4 Å². The van der Waals surface area contributed by atoms with E-state index in [2.05, 4.69) is 0 Å². The van der Waals surface area contributed by atoms with Crippen molar-refractivity contribution in [2.24, 2.45) is 0 Å². The summed E-state index contributed by atoms with van der Waals surface area (Å²) in [6, 6.07) is 9.81. The molecule has 0 unspecified atom stereocenters. The van der Waals surface area contributed by atoms with Gasteiger partial charge in [0.15, 0.2) is 0 Å². The highest BCUT2D eigenvalue weighted by molar-refractivity contribution is 6.30. The predicted octanol–water partition coefficient (Wildman–Crippen LogP) is 7.28. The first-order valence-corrected chi connectivity index (χ1v) is 7.92. The third kappa shape index (κ3) is 9.51. The Labute approximate surface area is 139 Å². The first-order valence-electron chi connectivity index (χ1n) is 7.54. The molecule has 0 aliphatic heterocycles. The number of rotatable bonds is 0. The summed E-state index contributed by atoms with van der Waals surface area (Å²) in [6.07, 6.45) is 0. The summed E-state index contributed by atoms with van der Waals surface area (Å²) < 4.78 is 24.9. The Morgan fingerprint density at radius 2 is 1.14 bits per heavy atom. The van der Waals surface area contributed by atoms with Gasteiger partial charge in [0.05, 0.1) is 5.02 Å². The lowest BCUT2D eigenvalue weighted by Crippen LogP contribution is -1.81. The molecule has 0 heterocycles. The van der Waals surface area contributed by atoms with Crippen molar-refractivity contribution in [1.29, 1.82) is 0 Å². The van der Waals surface area contributed by atoms with Crippen molar-refractivity contribution in [3.05, 3.63) is 69.7 Å². The third-order valence-corrected chi connectivity index (χ3v) is 2.70. The van der Waals surface area contributed by atoms with Gasteiger partial charge in [-0.15, -0.1) is 0 Å². The van der Waals surface area contributed by atoms with Crippen molar-refractivity contribution in [3.63, 3.8) is 0 Å². The highest BCUT2D eigenvalue weighted by atomic mass is 35.5. The van der Waals surface area contributed by atoms with Crippen molar-refractivity contribution >= 4 is 11.6 Å². The molecule has 0 nitrogen and oxygen atoms in total. The smallest absolute Gasteiger partial charge is 0.142 e. The zero-order valence-electron chi connectivity index (χ0n) is 14.6. The highest BCUT2D eigenvalue weighted by Gasteiger charge is 1.95. The first kappa shape index (κ1) is 22.9. The van der Waals surface area contributed by atoms with Gasteiger partial charge in [-0.25, -0.2) is 8.78 Å². The summed E-state index contributed by atoms with van der Waals surface area (Å²) in [4.78, 5) is 0. The van der Waals surface area contributed by atoms with E-state index in [1.54, 1.807) is 25.1 Å². The molecular formula is C19H27ClF2. The summed E-state index contributed by atoms with van der Waals surface area (Å²) in [5, 5.41) is 0.181. The molecule has 2 aromatic carbocycles. The van der Waals surface area contributed by atoms with E-state index >= 15 is 0 Å². The quantitative estimate of drug-likeness (QED) is 0.476. The number of benzene rings is 2. The number of hydrogen-bond donors (Lipinski definition) is 0. The van der Waals surface area contributed by atoms with Gasteiger partial charge in [0, 0.05) is 0 Å². The average molecular weight is 329 g/mol. The van der Waals surface area contributed by atoms with E-state index in [4.69, 9.17) is 11.6 Å². The molecule has 3 heteroatoms. The van der Waals surface area contributed by atoms with Gasteiger partial charge in [0.25, 0.3) is 0 Å². The topological polar surface area (TPSA) is 0 Å². The predicted molar refractivity (Wildman–Crippen MR) is 94.7 cm³/mol. The van der Waals surface area contributed by atoms with Crippen LogP contribution in [-0.2, 0) is 0 Å². The Balaban J connectivity index is 0. The van der Waals surface area contributed by atoms with Crippen LogP contribution in [0.15, 0.2) is 36.4 Å². The molecule has 2 rings (SSSR count). The second kappa shape index (κ2) is 13.3. The molecule has 0 aliphatic carbocycles. The molecule has 2 aromatic rings. The Morgan fingerprint density at radius 1 is 0.682 bits per heavy atom. The van der Waals surface area contributed by atoms with E-state index in [9.17, 15) is 8.78 Å². The maximum absolute atomic E-state index is 12.5. The van der Waals surface area contributed by atoms with E-state index in [-0.39, 0.29) is 16.7 Å².